The number of rotatable bonds is 6. The summed E-state index contributed by atoms with van der Waals surface area (Å²) in [6, 6.07) is 27.2. The van der Waals surface area contributed by atoms with Crippen molar-refractivity contribution in [3.8, 4) is 0 Å². The average Bonchev–Trinajstić information content (AvgIpc) is 2.74. The number of aliphatic hydroxyl groups excluding tert-OH is 1. The van der Waals surface area contributed by atoms with E-state index in [1.165, 1.54) is 0 Å². The molecule has 0 unspecified atom stereocenters. The van der Waals surface area contributed by atoms with E-state index in [4.69, 9.17) is 9.73 Å². The van der Waals surface area contributed by atoms with E-state index in [2.05, 4.69) is 0 Å². The summed E-state index contributed by atoms with van der Waals surface area (Å²) in [6.45, 7) is 5.40. The quantitative estimate of drug-likeness (QED) is 0.469. The summed E-state index contributed by atoms with van der Waals surface area (Å²) in [6.07, 6.45) is -1.14. The molecule has 2 atom stereocenters. The monoisotopic (exact) mass is 401 g/mol. The van der Waals surface area contributed by atoms with Crippen molar-refractivity contribution in [2.24, 2.45) is 4.99 Å². The van der Waals surface area contributed by atoms with Crippen LogP contribution in [-0.4, -0.2) is 28.4 Å². The van der Waals surface area contributed by atoms with E-state index in [0.29, 0.717) is 11.3 Å². The van der Waals surface area contributed by atoms with E-state index in [9.17, 15) is 9.90 Å². The van der Waals surface area contributed by atoms with Gasteiger partial charge in [-0.3, -0.25) is 4.99 Å². The fraction of sp³-hybridized carbons (Fsp3) is 0.231. The Labute approximate surface area is 177 Å². The maximum absolute atomic E-state index is 13.1. The zero-order valence-electron chi connectivity index (χ0n) is 17.5. The van der Waals surface area contributed by atoms with Gasteiger partial charge in [0.15, 0.2) is 6.04 Å². The first-order valence-corrected chi connectivity index (χ1v) is 10.00. The Balaban J connectivity index is 2.11. The first-order chi connectivity index (χ1) is 14.3. The number of ether oxygens (including phenoxy) is 1. The zero-order valence-corrected chi connectivity index (χ0v) is 17.5. The van der Waals surface area contributed by atoms with E-state index in [1.807, 2.05) is 78.9 Å². The van der Waals surface area contributed by atoms with Crippen LogP contribution in [0, 0.1) is 0 Å². The van der Waals surface area contributed by atoms with Crippen molar-refractivity contribution >= 4 is 11.7 Å². The summed E-state index contributed by atoms with van der Waals surface area (Å²) >= 11 is 0. The minimum absolute atomic E-state index is 0.566. The van der Waals surface area contributed by atoms with E-state index in [0.717, 1.165) is 11.1 Å². The Morgan fingerprint density at radius 1 is 0.800 bits per heavy atom. The number of hydrogen-bond donors (Lipinski definition) is 1. The van der Waals surface area contributed by atoms with Gasteiger partial charge >= 0.3 is 5.97 Å². The van der Waals surface area contributed by atoms with Crippen molar-refractivity contribution < 1.29 is 14.6 Å². The molecule has 0 heterocycles. The summed E-state index contributed by atoms with van der Waals surface area (Å²) in [7, 11) is 0. The van der Waals surface area contributed by atoms with Gasteiger partial charge in [0.1, 0.15) is 11.7 Å². The Hall–Kier alpha value is -3.24. The van der Waals surface area contributed by atoms with Crippen LogP contribution in [0.15, 0.2) is 96.0 Å². The molecule has 4 heteroatoms. The topological polar surface area (TPSA) is 58.9 Å². The maximum atomic E-state index is 13.1. The van der Waals surface area contributed by atoms with Crippen LogP contribution >= 0.6 is 0 Å². The lowest BCUT2D eigenvalue weighted by molar-refractivity contribution is -0.159. The predicted octanol–water partition coefficient (Wildman–Crippen LogP) is 4.97. The third kappa shape index (κ3) is 5.65. The molecular formula is C26H27NO3. The van der Waals surface area contributed by atoms with E-state index < -0.39 is 23.7 Å². The van der Waals surface area contributed by atoms with Gasteiger partial charge in [-0.15, -0.1) is 0 Å². The molecule has 0 fully saturated rings. The highest BCUT2D eigenvalue weighted by Gasteiger charge is 2.32. The number of aliphatic hydroxyl groups is 1. The van der Waals surface area contributed by atoms with Gasteiger partial charge in [0.2, 0.25) is 0 Å². The maximum Gasteiger partial charge on any atom is 0.334 e. The fourth-order valence-electron chi connectivity index (χ4n) is 3.09. The smallest absolute Gasteiger partial charge is 0.334 e. The molecule has 0 aliphatic heterocycles. The number of hydrogen-bond acceptors (Lipinski definition) is 4. The SMILES string of the molecule is CC(C)(C)OC(=O)[C@H](N=C(c1ccccc1)c1ccccc1)[C@H](O)c1ccccc1. The summed E-state index contributed by atoms with van der Waals surface area (Å²) in [5.74, 6) is -0.566. The van der Waals surface area contributed by atoms with Crippen LogP contribution in [-0.2, 0) is 9.53 Å². The average molecular weight is 402 g/mol. The number of nitrogens with zero attached hydrogens (tertiary/aromatic N) is 1. The summed E-state index contributed by atoms with van der Waals surface area (Å²) < 4.78 is 5.61. The fourth-order valence-corrected chi connectivity index (χ4v) is 3.09. The third-order valence-electron chi connectivity index (χ3n) is 4.45. The molecule has 0 saturated heterocycles. The van der Waals surface area contributed by atoms with Gasteiger partial charge in [0.25, 0.3) is 0 Å². The van der Waals surface area contributed by atoms with Crippen LogP contribution in [0.3, 0.4) is 0 Å². The molecule has 3 rings (SSSR count). The van der Waals surface area contributed by atoms with Crippen molar-refractivity contribution in [3.63, 3.8) is 0 Å². The lowest BCUT2D eigenvalue weighted by atomic mass is 9.99. The van der Waals surface area contributed by atoms with Gasteiger partial charge in [0, 0.05) is 11.1 Å². The second kappa shape index (κ2) is 9.51. The third-order valence-corrected chi connectivity index (χ3v) is 4.45. The van der Waals surface area contributed by atoms with Gasteiger partial charge in [0.05, 0.1) is 5.71 Å². The number of carbonyl (C=O) groups excluding carboxylic acids is 1. The predicted molar refractivity (Wildman–Crippen MR) is 120 cm³/mol. The highest BCUT2D eigenvalue weighted by atomic mass is 16.6. The standard InChI is InChI=1S/C26H27NO3/c1-26(2,3)30-25(29)23(24(28)21-17-11-6-12-18-21)27-22(19-13-7-4-8-14-19)20-15-9-5-10-16-20/h4-18,23-24,28H,1-3H3/t23-,24-/m1/s1. The Kier molecular flexibility index (Phi) is 6.80. The molecule has 0 spiro atoms. The second-order valence-electron chi connectivity index (χ2n) is 8.04. The van der Waals surface area contributed by atoms with Crippen LogP contribution in [0.1, 0.15) is 43.6 Å². The van der Waals surface area contributed by atoms with Crippen LogP contribution < -0.4 is 0 Å². The molecule has 30 heavy (non-hydrogen) atoms. The van der Waals surface area contributed by atoms with Crippen molar-refractivity contribution in [2.75, 3.05) is 0 Å². The highest BCUT2D eigenvalue weighted by Crippen LogP contribution is 2.24. The van der Waals surface area contributed by atoms with Crippen molar-refractivity contribution in [1.29, 1.82) is 0 Å². The van der Waals surface area contributed by atoms with E-state index in [1.54, 1.807) is 32.9 Å². The molecule has 1 N–H and O–H groups in total. The number of aliphatic imine (C=N–C) groups is 1. The first-order valence-electron chi connectivity index (χ1n) is 10.00. The summed E-state index contributed by atoms with van der Waals surface area (Å²) in [4.78, 5) is 17.9. The van der Waals surface area contributed by atoms with Gasteiger partial charge in [-0.1, -0.05) is 91.0 Å². The molecule has 0 amide bonds. The molecule has 3 aromatic carbocycles. The summed E-state index contributed by atoms with van der Waals surface area (Å²) in [5, 5.41) is 11.1. The van der Waals surface area contributed by atoms with E-state index >= 15 is 0 Å². The molecular weight excluding hydrogens is 374 g/mol. The normalized spacial score (nSPS) is 13.2. The molecule has 0 aliphatic rings. The van der Waals surface area contributed by atoms with Gasteiger partial charge in [-0.05, 0) is 26.3 Å². The Morgan fingerprint density at radius 3 is 1.67 bits per heavy atom. The second-order valence-corrected chi connectivity index (χ2v) is 8.04. The largest absolute Gasteiger partial charge is 0.458 e. The highest BCUT2D eigenvalue weighted by molar-refractivity contribution is 6.13. The number of benzene rings is 3. The molecule has 0 aromatic heterocycles. The van der Waals surface area contributed by atoms with Crippen LogP contribution in [0.5, 0.6) is 0 Å². The Morgan fingerprint density at radius 2 is 1.23 bits per heavy atom. The molecule has 0 bridgehead atoms. The lowest BCUT2D eigenvalue weighted by Gasteiger charge is -2.25. The van der Waals surface area contributed by atoms with Crippen molar-refractivity contribution in [3.05, 3.63) is 108 Å². The van der Waals surface area contributed by atoms with Crippen LogP contribution in [0.25, 0.3) is 0 Å². The number of carbonyl (C=O) groups is 1. The molecule has 154 valence electrons. The molecule has 0 aliphatic carbocycles. The van der Waals surface area contributed by atoms with E-state index in [-0.39, 0.29) is 0 Å². The molecule has 3 aromatic rings. The van der Waals surface area contributed by atoms with Crippen LogP contribution in [0.4, 0.5) is 0 Å². The minimum atomic E-state index is -1.14. The lowest BCUT2D eigenvalue weighted by Crippen LogP contribution is -2.35. The first kappa shape index (κ1) is 21.5. The Bertz CT molecular complexity index is 936. The van der Waals surface area contributed by atoms with Crippen molar-refractivity contribution in [2.45, 2.75) is 38.5 Å². The van der Waals surface area contributed by atoms with Gasteiger partial charge in [-0.25, -0.2) is 4.79 Å². The van der Waals surface area contributed by atoms with Gasteiger partial charge in [-0.2, -0.15) is 0 Å². The number of esters is 1. The summed E-state index contributed by atoms with van der Waals surface area (Å²) in [5.41, 5.74) is 2.26. The molecule has 0 radical (unpaired) electrons. The molecule has 4 nitrogen and oxygen atoms in total. The molecule has 0 saturated carbocycles. The minimum Gasteiger partial charge on any atom is -0.458 e. The van der Waals surface area contributed by atoms with Crippen molar-refractivity contribution in [1.82, 2.24) is 0 Å². The van der Waals surface area contributed by atoms with Gasteiger partial charge < -0.3 is 9.84 Å². The van der Waals surface area contributed by atoms with Crippen LogP contribution in [0.2, 0.25) is 0 Å². The zero-order chi connectivity index (χ0) is 21.6.